The van der Waals surface area contributed by atoms with Crippen LogP contribution in [0.1, 0.15) is 47.9 Å². The zero-order chi connectivity index (χ0) is 51.6. The highest BCUT2D eigenvalue weighted by atomic mass is 16.7. The van der Waals surface area contributed by atoms with Crippen molar-refractivity contribution in [2.45, 2.75) is 113 Å². The van der Waals surface area contributed by atoms with Crippen LogP contribution in [-0.2, 0) is 54.3 Å². The van der Waals surface area contributed by atoms with Crippen LogP contribution in [0.3, 0.4) is 0 Å². The largest absolute Gasteiger partial charge is 0.481 e. The fourth-order valence-electron chi connectivity index (χ4n) is 9.16. The van der Waals surface area contributed by atoms with E-state index in [4.69, 9.17) is 18.9 Å². The van der Waals surface area contributed by atoms with Crippen LogP contribution in [0, 0.1) is 0 Å². The summed E-state index contributed by atoms with van der Waals surface area (Å²) < 4.78 is 23.2. The van der Waals surface area contributed by atoms with Gasteiger partial charge in [0.05, 0.1) is 26.1 Å². The molecule has 20 heteroatoms. The first-order chi connectivity index (χ1) is 34.5. The van der Waals surface area contributed by atoms with Gasteiger partial charge in [-0.3, -0.25) is 19.2 Å². The third-order valence-electron chi connectivity index (χ3n) is 13.2. The molecule has 3 heterocycles. The molecule has 3 aliphatic rings. The van der Waals surface area contributed by atoms with E-state index < -0.39 is 86.6 Å². The SMILES string of the molecule is O=C(O)Cc1cccc(-c2cc(CCCC(=O)N3CCN(C(=O)CCCc4ccc(O[C@H]5O[C@H](CO)[C@@H](O)[C@H](O)[C@@H]5O)c(-c5cccc(CC(=O)O)c5)c4)CC3)ccc2O[C@H]2O[C@H](CO)[C@@H](O)[C@H](O)[C@@H]2O)c1. The van der Waals surface area contributed by atoms with Gasteiger partial charge in [0.2, 0.25) is 24.4 Å². The topological polar surface area (TPSA) is 314 Å². The number of nitrogens with zero attached hydrogens (tertiary/aromatic N) is 2. The number of benzene rings is 4. The predicted octanol–water partition coefficient (Wildman–Crippen LogP) is 0.649. The summed E-state index contributed by atoms with van der Waals surface area (Å²) in [6.45, 7) is 0.188. The van der Waals surface area contributed by atoms with Gasteiger partial charge in [-0.15, -0.1) is 0 Å². The fourth-order valence-corrected chi connectivity index (χ4v) is 9.16. The van der Waals surface area contributed by atoms with Crippen LogP contribution >= 0.6 is 0 Å². The number of aliphatic hydroxyl groups excluding tert-OH is 8. The Morgan fingerprint density at radius 1 is 0.500 bits per heavy atom. The number of aliphatic hydroxyl groups is 8. The van der Waals surface area contributed by atoms with Crippen molar-refractivity contribution in [3.05, 3.63) is 107 Å². The van der Waals surface area contributed by atoms with Crippen molar-refractivity contribution in [1.82, 2.24) is 9.80 Å². The average molecular weight is 1000 g/mol. The maximum absolute atomic E-state index is 13.4. The van der Waals surface area contributed by atoms with Gasteiger partial charge in [-0.2, -0.15) is 0 Å². The van der Waals surface area contributed by atoms with Crippen LogP contribution in [-0.4, -0.2) is 185 Å². The number of carboxylic acid groups (broad SMARTS) is 2. The smallest absolute Gasteiger partial charge is 0.307 e. The van der Waals surface area contributed by atoms with Crippen LogP contribution in [0.5, 0.6) is 11.5 Å². The van der Waals surface area contributed by atoms with E-state index in [1.54, 1.807) is 82.6 Å². The van der Waals surface area contributed by atoms with E-state index in [1.165, 1.54) is 0 Å². The second kappa shape index (κ2) is 24.6. The Morgan fingerprint density at radius 2 is 0.889 bits per heavy atom. The highest BCUT2D eigenvalue weighted by Crippen LogP contribution is 2.37. The number of rotatable bonds is 20. The lowest BCUT2D eigenvalue weighted by Gasteiger charge is -2.39. The Kier molecular flexibility index (Phi) is 18.4. The summed E-state index contributed by atoms with van der Waals surface area (Å²) >= 11 is 0. The van der Waals surface area contributed by atoms with Gasteiger partial charge in [0.1, 0.15) is 60.3 Å². The number of amides is 2. The van der Waals surface area contributed by atoms with Crippen LogP contribution in [0.25, 0.3) is 22.3 Å². The number of carbonyl (C=O) groups is 4. The molecule has 3 aliphatic heterocycles. The Hall–Kier alpha value is -6.04. The monoisotopic (exact) mass is 1000 g/mol. The lowest BCUT2D eigenvalue weighted by molar-refractivity contribution is -0.277. The first kappa shape index (κ1) is 53.8. The minimum absolute atomic E-state index is 0.0606. The zero-order valence-electron chi connectivity index (χ0n) is 39.4. The van der Waals surface area contributed by atoms with Crippen molar-refractivity contribution in [2.75, 3.05) is 39.4 Å². The van der Waals surface area contributed by atoms with Gasteiger partial charge >= 0.3 is 11.9 Å². The molecule has 3 saturated heterocycles. The number of aliphatic carboxylic acids is 2. The summed E-state index contributed by atoms with van der Waals surface area (Å²) in [5.74, 6) is -1.71. The molecule has 20 nitrogen and oxygen atoms in total. The van der Waals surface area contributed by atoms with Gasteiger partial charge < -0.3 is 79.8 Å². The van der Waals surface area contributed by atoms with Crippen molar-refractivity contribution in [2.24, 2.45) is 0 Å². The van der Waals surface area contributed by atoms with Gasteiger partial charge in [-0.1, -0.05) is 60.7 Å². The highest BCUT2D eigenvalue weighted by molar-refractivity contribution is 5.79. The number of piperazine rings is 1. The minimum atomic E-state index is -1.66. The Morgan fingerprint density at radius 3 is 1.25 bits per heavy atom. The molecule has 72 heavy (non-hydrogen) atoms. The molecule has 3 fully saturated rings. The molecule has 388 valence electrons. The van der Waals surface area contributed by atoms with E-state index >= 15 is 0 Å². The standard InChI is InChI=1S/C52H62N2O18/c55-27-39-45(63)47(65)49(67)51(71-39)69-37-15-13-29(23-35(37)33-9-1-7-31(21-33)25-43(59)60)5-3-11-41(57)53-17-19-54(20-18-53)42(58)12-4-6-30-14-16-38(70-52-50(68)48(66)46(64)40(28-56)72-52)36(24-30)34-10-2-8-32(22-34)26-44(61)62/h1-2,7-10,13-16,21-24,39-40,45-52,55-56,63-68H,3-6,11-12,17-20,25-28H2,(H,59,60)(H,61,62)/t39-,40-,45-,46-,47+,48+,49+,50+,51+,52+/m1/s1. The summed E-state index contributed by atoms with van der Waals surface area (Å²) in [7, 11) is 0. The van der Waals surface area contributed by atoms with Gasteiger partial charge in [-0.05, 0) is 83.3 Å². The van der Waals surface area contributed by atoms with E-state index in [0.29, 0.717) is 85.2 Å². The Bertz CT molecular complexity index is 2340. The lowest BCUT2D eigenvalue weighted by Crippen LogP contribution is -2.60. The Labute approximate surface area is 414 Å². The maximum atomic E-state index is 13.4. The lowest BCUT2D eigenvalue weighted by atomic mass is 9.96. The first-order valence-electron chi connectivity index (χ1n) is 23.9. The molecular formula is C52H62N2O18. The van der Waals surface area contributed by atoms with Gasteiger partial charge in [0.25, 0.3) is 0 Å². The van der Waals surface area contributed by atoms with Crippen molar-refractivity contribution in [3.8, 4) is 33.8 Å². The van der Waals surface area contributed by atoms with Crippen molar-refractivity contribution < 1.29 is 89.2 Å². The highest BCUT2D eigenvalue weighted by Gasteiger charge is 2.46. The number of carbonyl (C=O) groups excluding carboxylic acids is 2. The second-order valence-electron chi connectivity index (χ2n) is 18.3. The number of hydrogen-bond donors (Lipinski definition) is 10. The van der Waals surface area contributed by atoms with Gasteiger partial charge in [0.15, 0.2) is 0 Å². The van der Waals surface area contributed by atoms with Gasteiger partial charge in [-0.25, -0.2) is 0 Å². The number of hydrogen-bond acceptors (Lipinski definition) is 16. The molecule has 0 spiro atoms. The molecule has 0 aliphatic carbocycles. The molecule has 0 saturated carbocycles. The molecule has 0 bridgehead atoms. The third-order valence-corrected chi connectivity index (χ3v) is 13.2. The molecule has 4 aromatic carbocycles. The number of ether oxygens (including phenoxy) is 4. The first-order valence-corrected chi connectivity index (χ1v) is 23.9. The number of aryl methyl sites for hydroxylation is 2. The zero-order valence-corrected chi connectivity index (χ0v) is 39.4. The van der Waals surface area contributed by atoms with Crippen LogP contribution in [0.2, 0.25) is 0 Å². The van der Waals surface area contributed by atoms with Crippen molar-refractivity contribution in [3.63, 3.8) is 0 Å². The number of carboxylic acids is 2. The minimum Gasteiger partial charge on any atom is -0.481 e. The fraction of sp³-hybridized carbons (Fsp3) is 0.462. The normalized spacial score (nSPS) is 25.4. The molecule has 0 radical (unpaired) electrons. The third kappa shape index (κ3) is 13.3. The maximum Gasteiger partial charge on any atom is 0.307 e. The van der Waals surface area contributed by atoms with E-state index in [1.807, 2.05) is 12.1 Å². The molecular weight excluding hydrogens is 941 g/mol. The molecule has 10 N–H and O–H groups in total. The Balaban J connectivity index is 0.928. The van der Waals surface area contributed by atoms with E-state index in [9.17, 15) is 70.2 Å². The van der Waals surface area contributed by atoms with Crippen molar-refractivity contribution in [1.29, 1.82) is 0 Å². The summed E-state index contributed by atoms with van der Waals surface area (Å²) in [5.41, 5.74) is 4.95. The molecule has 0 aromatic heterocycles. The average Bonchev–Trinajstić information content (AvgIpc) is 3.37. The summed E-state index contributed by atoms with van der Waals surface area (Å²) in [6.07, 6.45) is -13.1. The summed E-state index contributed by atoms with van der Waals surface area (Å²) in [5, 5.41) is 101. The predicted molar refractivity (Wildman–Crippen MR) is 254 cm³/mol. The second-order valence-corrected chi connectivity index (χ2v) is 18.3. The van der Waals surface area contributed by atoms with Gasteiger partial charge in [0, 0.05) is 50.1 Å². The molecule has 4 aromatic rings. The van der Waals surface area contributed by atoms with E-state index in [-0.39, 0.29) is 49.0 Å². The summed E-state index contributed by atoms with van der Waals surface area (Å²) in [4.78, 5) is 53.3. The molecule has 10 atom stereocenters. The van der Waals surface area contributed by atoms with Crippen LogP contribution in [0.15, 0.2) is 84.9 Å². The summed E-state index contributed by atoms with van der Waals surface area (Å²) in [6, 6.07) is 24.1. The molecule has 0 unspecified atom stereocenters. The van der Waals surface area contributed by atoms with E-state index in [0.717, 1.165) is 11.1 Å². The molecule has 7 rings (SSSR count). The molecule has 2 amide bonds. The quantitative estimate of drug-likeness (QED) is 0.0581. The van der Waals surface area contributed by atoms with Crippen molar-refractivity contribution >= 4 is 23.8 Å². The van der Waals surface area contributed by atoms with Crippen LogP contribution in [0.4, 0.5) is 0 Å². The van der Waals surface area contributed by atoms with Crippen LogP contribution < -0.4 is 9.47 Å². The van der Waals surface area contributed by atoms with E-state index in [2.05, 4.69) is 0 Å².